The number of nitrogens with one attached hydrogen (secondary N) is 2. The van der Waals surface area contributed by atoms with Gasteiger partial charge in [0.2, 0.25) is 0 Å². The maximum Gasteiger partial charge on any atom is 0.413 e. The Morgan fingerprint density at radius 3 is 2.84 bits per heavy atom. The third kappa shape index (κ3) is 3.78. The van der Waals surface area contributed by atoms with Crippen LogP contribution in [0, 0.1) is 0 Å². The topological polar surface area (TPSA) is 66.5 Å². The Morgan fingerprint density at radius 1 is 1.53 bits per heavy atom. The zero-order valence-electron chi connectivity index (χ0n) is 10.7. The highest BCUT2D eigenvalue weighted by Crippen LogP contribution is 2.20. The Bertz CT molecular complexity index is 459. The molecule has 1 fully saturated rings. The molecule has 0 saturated carbocycles. The molecule has 2 heterocycles. The molecule has 0 aliphatic carbocycles. The molecule has 1 aromatic heterocycles. The second-order valence-corrected chi connectivity index (χ2v) is 4.45. The molecule has 0 bridgehead atoms. The van der Waals surface area contributed by atoms with Crippen molar-refractivity contribution in [1.82, 2.24) is 10.3 Å². The summed E-state index contributed by atoms with van der Waals surface area (Å²) in [4.78, 5) is 17.6. The first-order chi connectivity index (χ1) is 9.19. The third-order valence-electron chi connectivity index (χ3n) is 2.70. The largest absolute Gasteiger partial charge is 0.450 e. The maximum atomic E-state index is 11.1. The molecule has 0 radical (unpaired) electrons. The Morgan fingerprint density at radius 2 is 2.32 bits per heavy atom. The fourth-order valence-electron chi connectivity index (χ4n) is 1.63. The Labute approximate surface area is 117 Å². The van der Waals surface area contributed by atoms with Crippen LogP contribution in [-0.4, -0.2) is 35.9 Å². The van der Waals surface area contributed by atoms with E-state index in [1.807, 2.05) is 12.1 Å². The lowest BCUT2D eigenvalue weighted by Crippen LogP contribution is -2.37. The molecule has 0 spiro atoms. The molecule has 19 heavy (non-hydrogen) atoms. The molecule has 1 amide bonds. The van der Waals surface area contributed by atoms with Gasteiger partial charge in [-0.25, -0.2) is 9.78 Å². The van der Waals surface area contributed by atoms with Crippen molar-refractivity contribution in [2.24, 2.45) is 0 Å². The van der Waals surface area contributed by atoms with Crippen molar-refractivity contribution in [2.75, 3.05) is 29.9 Å². The van der Waals surface area contributed by atoms with E-state index in [0.29, 0.717) is 12.4 Å². The summed E-state index contributed by atoms with van der Waals surface area (Å²) < 4.78 is 4.72. The Hall–Kier alpha value is -1.89. The fraction of sp³-hybridized carbons (Fsp3) is 0.417. The highest BCUT2D eigenvalue weighted by molar-refractivity contribution is 7.80. The normalized spacial score (nSPS) is 13.4. The van der Waals surface area contributed by atoms with E-state index < -0.39 is 6.09 Å². The summed E-state index contributed by atoms with van der Waals surface area (Å²) in [7, 11) is 0. The molecule has 2 rings (SSSR count). The molecule has 1 aliphatic heterocycles. The minimum Gasteiger partial charge on any atom is -0.450 e. The lowest BCUT2D eigenvalue weighted by molar-refractivity contribution is 0.158. The lowest BCUT2D eigenvalue weighted by atomic mass is 10.2. The molecule has 1 saturated heterocycles. The molecule has 1 aliphatic rings. The van der Waals surface area contributed by atoms with Crippen molar-refractivity contribution in [3.8, 4) is 0 Å². The van der Waals surface area contributed by atoms with Gasteiger partial charge in [-0.2, -0.15) is 0 Å². The number of nitrogens with zero attached hydrogens (tertiary/aromatic N) is 2. The quantitative estimate of drug-likeness (QED) is 0.822. The number of hydrogen-bond donors (Lipinski definition) is 2. The number of anilines is 2. The van der Waals surface area contributed by atoms with Crippen molar-refractivity contribution in [3.05, 3.63) is 18.3 Å². The number of ether oxygens (including phenoxy) is 1. The van der Waals surface area contributed by atoms with Gasteiger partial charge in [0.25, 0.3) is 0 Å². The van der Waals surface area contributed by atoms with Crippen LogP contribution in [0.5, 0.6) is 0 Å². The number of carbonyl (C=O) groups excluding carboxylic acids is 1. The molecular weight excluding hydrogens is 264 g/mol. The zero-order valence-corrected chi connectivity index (χ0v) is 11.5. The van der Waals surface area contributed by atoms with Crippen molar-refractivity contribution < 1.29 is 9.53 Å². The summed E-state index contributed by atoms with van der Waals surface area (Å²) in [5, 5.41) is 5.39. The summed E-state index contributed by atoms with van der Waals surface area (Å²) in [5.41, 5.74) is 1.10. The van der Waals surface area contributed by atoms with Crippen LogP contribution in [0.4, 0.5) is 16.3 Å². The number of thiocarbonyl (C=S) groups is 1. The maximum absolute atomic E-state index is 11.1. The van der Waals surface area contributed by atoms with Crippen molar-refractivity contribution in [3.63, 3.8) is 0 Å². The Balaban J connectivity index is 1.84. The van der Waals surface area contributed by atoms with Gasteiger partial charge in [-0.1, -0.05) is 0 Å². The van der Waals surface area contributed by atoms with Gasteiger partial charge in [-0.15, -0.1) is 0 Å². The number of carbonyl (C=O) groups is 1. The molecule has 6 nitrogen and oxygen atoms in total. The Kier molecular flexibility index (Phi) is 4.51. The van der Waals surface area contributed by atoms with E-state index in [1.54, 1.807) is 13.1 Å². The number of alkyl carbamates (subject to hydrolysis) is 1. The number of amides is 1. The molecule has 0 unspecified atom stereocenters. The SMILES string of the molecule is CCOC(=O)NC(=S)Nc1ccc(N2CCC2)cn1. The van der Waals surface area contributed by atoms with Gasteiger partial charge in [0, 0.05) is 13.1 Å². The number of aromatic nitrogens is 1. The van der Waals surface area contributed by atoms with Gasteiger partial charge in [-0.05, 0) is 37.7 Å². The van der Waals surface area contributed by atoms with Crippen LogP contribution in [0.2, 0.25) is 0 Å². The van der Waals surface area contributed by atoms with E-state index in [2.05, 4.69) is 20.5 Å². The zero-order chi connectivity index (χ0) is 13.7. The average Bonchev–Trinajstić information content (AvgIpc) is 2.29. The minimum absolute atomic E-state index is 0.169. The molecule has 102 valence electrons. The van der Waals surface area contributed by atoms with Crippen LogP contribution in [-0.2, 0) is 4.74 Å². The first kappa shape index (κ1) is 13.5. The van der Waals surface area contributed by atoms with E-state index in [-0.39, 0.29) is 5.11 Å². The number of hydrogen-bond acceptors (Lipinski definition) is 5. The van der Waals surface area contributed by atoms with Gasteiger partial charge >= 0.3 is 6.09 Å². The summed E-state index contributed by atoms with van der Waals surface area (Å²) >= 11 is 4.97. The van der Waals surface area contributed by atoms with E-state index in [1.165, 1.54) is 6.42 Å². The fourth-order valence-corrected chi connectivity index (χ4v) is 1.82. The van der Waals surface area contributed by atoms with Crippen LogP contribution < -0.4 is 15.5 Å². The first-order valence-electron chi connectivity index (χ1n) is 6.15. The molecule has 1 aromatic rings. The molecule has 0 atom stereocenters. The van der Waals surface area contributed by atoms with Crippen molar-refractivity contribution in [1.29, 1.82) is 0 Å². The lowest BCUT2D eigenvalue weighted by Gasteiger charge is -2.32. The van der Waals surface area contributed by atoms with E-state index >= 15 is 0 Å². The smallest absolute Gasteiger partial charge is 0.413 e. The van der Waals surface area contributed by atoms with Gasteiger partial charge in [0.1, 0.15) is 5.82 Å². The number of pyridine rings is 1. The van der Waals surface area contributed by atoms with Gasteiger partial charge < -0.3 is 15.0 Å². The predicted octanol–water partition coefficient (Wildman–Crippen LogP) is 1.73. The van der Waals surface area contributed by atoms with Crippen molar-refractivity contribution in [2.45, 2.75) is 13.3 Å². The van der Waals surface area contributed by atoms with Gasteiger partial charge in [0.05, 0.1) is 18.5 Å². The van der Waals surface area contributed by atoms with Crippen molar-refractivity contribution >= 4 is 34.9 Å². The second kappa shape index (κ2) is 6.33. The van der Waals surface area contributed by atoms with E-state index in [9.17, 15) is 4.79 Å². The predicted molar refractivity (Wildman–Crippen MR) is 77.4 cm³/mol. The van der Waals surface area contributed by atoms with E-state index in [0.717, 1.165) is 18.8 Å². The van der Waals surface area contributed by atoms with Gasteiger partial charge in [-0.3, -0.25) is 5.32 Å². The monoisotopic (exact) mass is 280 g/mol. The number of rotatable bonds is 3. The highest BCUT2D eigenvalue weighted by atomic mass is 32.1. The van der Waals surface area contributed by atoms with Crippen LogP contribution in [0.3, 0.4) is 0 Å². The first-order valence-corrected chi connectivity index (χ1v) is 6.55. The molecule has 0 aromatic carbocycles. The van der Waals surface area contributed by atoms with Crippen LogP contribution in [0.1, 0.15) is 13.3 Å². The summed E-state index contributed by atoms with van der Waals surface area (Å²) in [6.45, 7) is 4.19. The highest BCUT2D eigenvalue weighted by Gasteiger charge is 2.14. The summed E-state index contributed by atoms with van der Waals surface area (Å²) in [5.74, 6) is 0.589. The van der Waals surface area contributed by atoms with E-state index in [4.69, 9.17) is 17.0 Å². The standard InChI is InChI=1S/C12H16N4O2S/c1-2-18-12(17)15-11(19)14-10-5-4-9(8-13-10)16-6-3-7-16/h4-5,8H,2-3,6-7H2,1H3,(H2,13,14,15,17,19). The third-order valence-corrected chi connectivity index (χ3v) is 2.91. The summed E-state index contributed by atoms with van der Waals surface area (Å²) in [6, 6.07) is 3.80. The average molecular weight is 280 g/mol. The molecule has 2 N–H and O–H groups in total. The minimum atomic E-state index is -0.572. The molecule has 7 heteroatoms. The van der Waals surface area contributed by atoms with Crippen LogP contribution >= 0.6 is 12.2 Å². The van der Waals surface area contributed by atoms with Gasteiger partial charge in [0.15, 0.2) is 5.11 Å². The molecular formula is C12H16N4O2S. The summed E-state index contributed by atoms with van der Waals surface area (Å²) in [6.07, 6.45) is 2.44. The second-order valence-electron chi connectivity index (χ2n) is 4.04. The van der Waals surface area contributed by atoms with Crippen LogP contribution in [0.15, 0.2) is 18.3 Å². The van der Waals surface area contributed by atoms with Crippen LogP contribution in [0.25, 0.3) is 0 Å².